The molecule has 0 aromatic heterocycles. The number of carbonyl (C=O) groups is 2. The van der Waals surface area contributed by atoms with Crippen LogP contribution in [0.15, 0.2) is 29.5 Å². The average Bonchev–Trinajstić information content (AvgIpc) is 2.71. The number of hydrogen-bond acceptors (Lipinski definition) is 7. The molecule has 3 rings (SSSR count). The minimum Gasteiger partial charge on any atom is -0.512 e. The lowest BCUT2D eigenvalue weighted by molar-refractivity contribution is -0.131. The van der Waals surface area contributed by atoms with E-state index in [1.165, 1.54) is 11.8 Å². The van der Waals surface area contributed by atoms with Crippen LogP contribution < -0.4 is 4.74 Å². The molecule has 1 aliphatic heterocycles. The molecule has 1 atom stereocenters. The summed E-state index contributed by atoms with van der Waals surface area (Å²) in [5, 5.41) is 10.6. The maximum absolute atomic E-state index is 13.1. The number of ether oxygens (including phenoxy) is 2. The monoisotopic (exact) mass is 435 g/mol. The molecule has 1 amide bonds. The summed E-state index contributed by atoms with van der Waals surface area (Å²) in [6, 6.07) is 5.06. The number of hydrogen-bond donors (Lipinski definition) is 1. The van der Waals surface area contributed by atoms with Crippen molar-refractivity contribution >= 4 is 40.1 Å². The first-order chi connectivity index (χ1) is 14.0. The zero-order valence-electron chi connectivity index (χ0n) is 16.6. The lowest BCUT2D eigenvalue weighted by Gasteiger charge is -2.39. The maximum Gasteiger partial charge on any atom is 0.233 e. The van der Waals surface area contributed by atoms with Crippen molar-refractivity contribution in [2.45, 2.75) is 38.6 Å². The van der Waals surface area contributed by atoms with Gasteiger partial charge in [0.25, 0.3) is 0 Å². The molecule has 1 heterocycles. The summed E-state index contributed by atoms with van der Waals surface area (Å²) in [4.78, 5) is 27.5. The van der Waals surface area contributed by atoms with Gasteiger partial charge in [0.2, 0.25) is 10.3 Å². The second-order valence-corrected chi connectivity index (χ2v) is 8.49. The van der Waals surface area contributed by atoms with Crippen LogP contribution in [-0.2, 0) is 20.7 Å². The fourth-order valence-corrected chi connectivity index (χ4v) is 4.73. The van der Waals surface area contributed by atoms with Crippen molar-refractivity contribution in [3.63, 3.8) is 0 Å². The minimum atomic E-state index is -0.591. The van der Waals surface area contributed by atoms with E-state index in [1.54, 1.807) is 12.0 Å². The Morgan fingerprint density at radius 3 is 2.83 bits per heavy atom. The molecule has 0 saturated heterocycles. The number of nitrogens with zero attached hydrogens (tertiary/aromatic N) is 1. The highest BCUT2D eigenvalue weighted by molar-refractivity contribution is 8.23. The largest absolute Gasteiger partial charge is 0.512 e. The van der Waals surface area contributed by atoms with Crippen LogP contribution in [0.3, 0.4) is 0 Å². The van der Waals surface area contributed by atoms with E-state index in [9.17, 15) is 14.7 Å². The van der Waals surface area contributed by atoms with E-state index in [1.807, 2.05) is 25.1 Å². The van der Waals surface area contributed by atoms with E-state index in [0.717, 1.165) is 16.9 Å². The highest BCUT2D eigenvalue weighted by Crippen LogP contribution is 2.41. The Balaban J connectivity index is 1.96. The van der Waals surface area contributed by atoms with E-state index in [4.69, 9.17) is 21.7 Å². The number of thiocarbonyl (C=S) groups is 1. The quantitative estimate of drug-likeness (QED) is 0.706. The van der Waals surface area contributed by atoms with Gasteiger partial charge in [-0.05, 0) is 55.2 Å². The Bertz CT molecular complexity index is 851. The van der Waals surface area contributed by atoms with Gasteiger partial charge in [0.15, 0.2) is 5.78 Å². The molecule has 1 aromatic carbocycles. The van der Waals surface area contributed by atoms with Crippen molar-refractivity contribution in [2.75, 3.05) is 26.0 Å². The first-order valence-corrected chi connectivity index (χ1v) is 11.1. The molecule has 6 nitrogen and oxygen atoms in total. The second-order valence-electron chi connectivity index (χ2n) is 6.91. The molecular formula is C21H25NO5S2. The van der Waals surface area contributed by atoms with Gasteiger partial charge >= 0.3 is 0 Å². The number of ketones is 1. The van der Waals surface area contributed by atoms with Crippen LogP contribution in [0.2, 0.25) is 0 Å². The molecule has 0 fully saturated rings. The predicted octanol–water partition coefficient (Wildman–Crippen LogP) is 3.74. The summed E-state index contributed by atoms with van der Waals surface area (Å²) < 4.78 is 10.9. The number of rotatable bonds is 5. The summed E-state index contributed by atoms with van der Waals surface area (Å²) in [5.74, 6) is 0.710. The van der Waals surface area contributed by atoms with Gasteiger partial charge in [-0.1, -0.05) is 17.8 Å². The van der Waals surface area contributed by atoms with Crippen molar-refractivity contribution < 1.29 is 24.2 Å². The van der Waals surface area contributed by atoms with Gasteiger partial charge in [0.1, 0.15) is 11.5 Å². The minimum absolute atomic E-state index is 0.0882. The third-order valence-corrected chi connectivity index (χ3v) is 6.39. The van der Waals surface area contributed by atoms with Crippen LogP contribution in [0, 0.1) is 0 Å². The third kappa shape index (κ3) is 4.75. The number of allylic oxidation sites excluding steroid dienone is 1. The van der Waals surface area contributed by atoms with Crippen molar-refractivity contribution in [3.05, 3.63) is 40.7 Å². The number of amides is 1. The zero-order valence-corrected chi connectivity index (χ0v) is 18.2. The molecule has 8 heteroatoms. The number of thioether (sulfide) groups is 1. The molecule has 0 spiro atoms. The van der Waals surface area contributed by atoms with Crippen LogP contribution >= 0.6 is 24.0 Å². The van der Waals surface area contributed by atoms with E-state index in [0.29, 0.717) is 48.8 Å². The Hall–Kier alpha value is -2.06. The topological polar surface area (TPSA) is 76.1 Å². The molecule has 1 N–H and O–H groups in total. The van der Waals surface area contributed by atoms with Crippen LogP contribution in [0.4, 0.5) is 0 Å². The second kappa shape index (κ2) is 9.63. The van der Waals surface area contributed by atoms with Crippen molar-refractivity contribution in [2.24, 2.45) is 0 Å². The van der Waals surface area contributed by atoms with Gasteiger partial charge in [0.05, 0.1) is 31.1 Å². The zero-order chi connectivity index (χ0) is 21.0. The maximum atomic E-state index is 13.1. The number of carbonyl (C=O) groups excluding carboxylic acids is 2. The number of benzene rings is 1. The van der Waals surface area contributed by atoms with Gasteiger partial charge in [-0.3, -0.25) is 9.59 Å². The van der Waals surface area contributed by atoms with Gasteiger partial charge in [-0.15, -0.1) is 0 Å². The molecular weight excluding hydrogens is 410 g/mol. The predicted molar refractivity (Wildman–Crippen MR) is 116 cm³/mol. The van der Waals surface area contributed by atoms with Crippen LogP contribution in [0.25, 0.3) is 0 Å². The SMILES string of the molecule is CCOC(=S)SCC(=O)N1CCc2cc(OC)ccc2[C@H]1C1=C(O)CCCC1=O. The standard InChI is InChI=1S/C21H25NO5S2/c1-3-27-21(28)29-12-18(25)22-10-9-13-11-14(26-2)7-8-15(13)20(22)19-16(23)5-4-6-17(19)24/h7-8,11,20,23H,3-6,9-10,12H2,1-2H3/t20-/m0/s1. The van der Waals surface area contributed by atoms with Crippen LogP contribution in [0.5, 0.6) is 5.75 Å². The fraction of sp³-hybridized carbons (Fsp3) is 0.476. The summed E-state index contributed by atoms with van der Waals surface area (Å²) in [6.07, 6.45) is 2.11. The van der Waals surface area contributed by atoms with Gasteiger partial charge in [0, 0.05) is 19.4 Å². The molecule has 0 radical (unpaired) electrons. The molecule has 0 bridgehead atoms. The summed E-state index contributed by atoms with van der Waals surface area (Å²) >= 11 is 6.28. The number of methoxy groups -OCH3 is 1. The van der Waals surface area contributed by atoms with E-state index >= 15 is 0 Å². The van der Waals surface area contributed by atoms with Crippen LogP contribution in [0.1, 0.15) is 43.4 Å². The Labute approximate surface area is 180 Å². The van der Waals surface area contributed by atoms with Gasteiger partial charge < -0.3 is 19.5 Å². The first kappa shape index (κ1) is 21.6. The molecule has 156 valence electrons. The molecule has 1 aliphatic carbocycles. The lowest BCUT2D eigenvalue weighted by atomic mass is 9.82. The number of fused-ring (bicyclic) bond motifs is 1. The normalized spacial score (nSPS) is 19.0. The Morgan fingerprint density at radius 1 is 1.34 bits per heavy atom. The number of aliphatic hydroxyl groups is 1. The van der Waals surface area contributed by atoms with Crippen molar-refractivity contribution in [1.82, 2.24) is 4.90 Å². The summed E-state index contributed by atoms with van der Waals surface area (Å²) in [5.41, 5.74) is 2.22. The molecule has 1 aromatic rings. The smallest absolute Gasteiger partial charge is 0.233 e. The first-order valence-electron chi connectivity index (χ1n) is 9.67. The van der Waals surface area contributed by atoms with E-state index < -0.39 is 6.04 Å². The Kier molecular flexibility index (Phi) is 7.18. The third-order valence-electron chi connectivity index (χ3n) is 5.18. The highest BCUT2D eigenvalue weighted by Gasteiger charge is 2.38. The lowest BCUT2D eigenvalue weighted by Crippen LogP contribution is -2.43. The average molecular weight is 436 g/mol. The van der Waals surface area contributed by atoms with E-state index in [-0.39, 0.29) is 23.2 Å². The fourth-order valence-electron chi connectivity index (χ4n) is 3.83. The summed E-state index contributed by atoms with van der Waals surface area (Å²) in [6.45, 7) is 2.75. The van der Waals surface area contributed by atoms with E-state index in [2.05, 4.69) is 0 Å². The number of Topliss-reactive ketones (excluding diaryl/α,β-unsaturated/α-hetero) is 1. The van der Waals surface area contributed by atoms with Crippen molar-refractivity contribution in [1.29, 1.82) is 0 Å². The van der Waals surface area contributed by atoms with Crippen LogP contribution in [-0.4, -0.2) is 52.1 Å². The Morgan fingerprint density at radius 2 is 2.14 bits per heavy atom. The summed E-state index contributed by atoms with van der Waals surface area (Å²) in [7, 11) is 1.61. The molecule has 2 aliphatic rings. The van der Waals surface area contributed by atoms with Crippen molar-refractivity contribution in [3.8, 4) is 5.75 Å². The number of aliphatic hydroxyl groups excluding tert-OH is 1. The molecule has 0 unspecified atom stereocenters. The molecule has 29 heavy (non-hydrogen) atoms. The highest BCUT2D eigenvalue weighted by atomic mass is 32.2. The van der Waals surface area contributed by atoms with Gasteiger partial charge in [-0.25, -0.2) is 0 Å². The van der Waals surface area contributed by atoms with Gasteiger partial charge in [-0.2, -0.15) is 0 Å². The molecule has 0 saturated carbocycles.